The number of hydrogen-bond donors (Lipinski definition) is 0. The largest absolute Gasteiger partial charge is 0.444 e. The van der Waals surface area contributed by atoms with E-state index in [1.807, 2.05) is 0 Å². The highest BCUT2D eigenvalue weighted by Crippen LogP contribution is 2.33. The number of halogens is 2. The molecule has 0 atom stereocenters. The molecule has 1 fully saturated rings. The maximum Gasteiger partial charge on any atom is 0.410 e. The summed E-state index contributed by atoms with van der Waals surface area (Å²) < 4.78 is 18.8. The molecule has 0 aliphatic carbocycles. The van der Waals surface area contributed by atoms with E-state index in [-0.39, 0.29) is 16.4 Å². The van der Waals surface area contributed by atoms with E-state index in [2.05, 4.69) is 0 Å². The minimum Gasteiger partial charge on any atom is -0.444 e. The van der Waals surface area contributed by atoms with Crippen molar-refractivity contribution in [3.8, 4) is 0 Å². The number of nitrogens with zero attached hydrogens (tertiary/aromatic N) is 3. The van der Waals surface area contributed by atoms with Crippen LogP contribution in [0.15, 0.2) is 12.1 Å². The molecule has 0 saturated carbocycles. The van der Waals surface area contributed by atoms with Crippen molar-refractivity contribution >= 4 is 29.1 Å². The number of ether oxygens (including phenoxy) is 1. The molecule has 24 heavy (non-hydrogen) atoms. The average Bonchev–Trinajstić information content (AvgIpc) is 2.48. The normalized spacial score (nSPS) is 15.4. The summed E-state index contributed by atoms with van der Waals surface area (Å²) in [6.07, 6.45) is -0.422. The first-order chi connectivity index (χ1) is 11.1. The van der Waals surface area contributed by atoms with Gasteiger partial charge in [0.15, 0.2) is 0 Å². The van der Waals surface area contributed by atoms with Crippen molar-refractivity contribution in [1.82, 2.24) is 4.90 Å². The van der Waals surface area contributed by atoms with Crippen molar-refractivity contribution in [2.24, 2.45) is 0 Å². The fourth-order valence-electron chi connectivity index (χ4n) is 2.38. The second-order valence-corrected chi connectivity index (χ2v) is 6.87. The number of nitro groups is 1. The van der Waals surface area contributed by atoms with Gasteiger partial charge in [-0.05, 0) is 26.8 Å². The molecular weight excluding hydrogens is 341 g/mol. The van der Waals surface area contributed by atoms with E-state index in [0.29, 0.717) is 26.2 Å². The molecule has 0 unspecified atom stereocenters. The molecule has 9 heteroatoms. The van der Waals surface area contributed by atoms with Gasteiger partial charge in [-0.25, -0.2) is 9.18 Å². The molecule has 0 bridgehead atoms. The Hall–Kier alpha value is -2.09. The zero-order valence-corrected chi connectivity index (χ0v) is 14.5. The van der Waals surface area contributed by atoms with Gasteiger partial charge in [0.1, 0.15) is 17.1 Å². The van der Waals surface area contributed by atoms with Crippen molar-refractivity contribution in [3.05, 3.63) is 33.1 Å². The summed E-state index contributed by atoms with van der Waals surface area (Å²) in [6.45, 7) is 6.77. The third-order valence-corrected chi connectivity index (χ3v) is 3.78. The summed E-state index contributed by atoms with van der Waals surface area (Å²) in [5.74, 6) is -0.834. The summed E-state index contributed by atoms with van der Waals surface area (Å²) in [7, 11) is 0. The molecule has 1 aliphatic heterocycles. The second kappa shape index (κ2) is 6.80. The molecule has 132 valence electrons. The number of carbonyl (C=O) groups excluding carboxylic acids is 1. The van der Waals surface area contributed by atoms with E-state index >= 15 is 0 Å². The Bertz CT molecular complexity index is 655. The Morgan fingerprint density at radius 3 is 2.38 bits per heavy atom. The number of piperazine rings is 1. The highest BCUT2D eigenvalue weighted by molar-refractivity contribution is 6.31. The van der Waals surface area contributed by atoms with Crippen molar-refractivity contribution in [1.29, 1.82) is 0 Å². The van der Waals surface area contributed by atoms with Crippen LogP contribution in [0.5, 0.6) is 0 Å². The van der Waals surface area contributed by atoms with Gasteiger partial charge in [0.25, 0.3) is 5.69 Å². The van der Waals surface area contributed by atoms with E-state index < -0.39 is 22.4 Å². The van der Waals surface area contributed by atoms with Crippen molar-refractivity contribution in [3.63, 3.8) is 0 Å². The van der Waals surface area contributed by atoms with Gasteiger partial charge < -0.3 is 14.5 Å². The first-order valence-electron chi connectivity index (χ1n) is 7.45. The highest BCUT2D eigenvalue weighted by atomic mass is 35.5. The van der Waals surface area contributed by atoms with Crippen LogP contribution in [0.3, 0.4) is 0 Å². The predicted molar refractivity (Wildman–Crippen MR) is 88.1 cm³/mol. The zero-order valence-electron chi connectivity index (χ0n) is 13.7. The van der Waals surface area contributed by atoms with Gasteiger partial charge in [-0.2, -0.15) is 0 Å². The molecule has 2 rings (SSSR count). The molecule has 1 saturated heterocycles. The van der Waals surface area contributed by atoms with Gasteiger partial charge >= 0.3 is 6.09 Å². The first-order valence-corrected chi connectivity index (χ1v) is 7.82. The second-order valence-electron chi connectivity index (χ2n) is 6.47. The van der Waals surface area contributed by atoms with Crippen LogP contribution in [0.2, 0.25) is 5.02 Å². The molecule has 7 nitrogen and oxygen atoms in total. The SMILES string of the molecule is CC(C)(C)OC(=O)N1CCN(c2cc(Cl)c(F)cc2[N+](=O)[O-])CC1. The topological polar surface area (TPSA) is 75.9 Å². The quantitative estimate of drug-likeness (QED) is 0.597. The van der Waals surface area contributed by atoms with E-state index in [4.69, 9.17) is 16.3 Å². The Morgan fingerprint density at radius 1 is 1.29 bits per heavy atom. The monoisotopic (exact) mass is 359 g/mol. The Labute approximate surface area is 144 Å². The van der Waals surface area contributed by atoms with Crippen molar-refractivity contribution in [2.45, 2.75) is 26.4 Å². The van der Waals surface area contributed by atoms with Crippen LogP contribution in [-0.2, 0) is 4.74 Å². The van der Waals surface area contributed by atoms with Crippen LogP contribution in [0.25, 0.3) is 0 Å². The third-order valence-electron chi connectivity index (χ3n) is 3.49. The maximum absolute atomic E-state index is 13.5. The molecule has 1 aromatic rings. The fraction of sp³-hybridized carbons (Fsp3) is 0.533. The van der Waals surface area contributed by atoms with Crippen molar-refractivity contribution < 1.29 is 18.8 Å². The number of hydrogen-bond acceptors (Lipinski definition) is 5. The lowest BCUT2D eigenvalue weighted by Gasteiger charge is -2.36. The van der Waals surface area contributed by atoms with Gasteiger partial charge in [0.05, 0.1) is 16.0 Å². The molecule has 0 aromatic heterocycles. The highest BCUT2D eigenvalue weighted by Gasteiger charge is 2.29. The van der Waals surface area contributed by atoms with Crippen molar-refractivity contribution in [2.75, 3.05) is 31.1 Å². The summed E-state index contributed by atoms with van der Waals surface area (Å²) in [6, 6.07) is 2.07. The van der Waals surface area contributed by atoms with Gasteiger partial charge in [0.2, 0.25) is 0 Å². The van der Waals surface area contributed by atoms with Crippen LogP contribution in [0.1, 0.15) is 20.8 Å². The Kier molecular flexibility index (Phi) is 5.17. The predicted octanol–water partition coefficient (Wildman–Crippen LogP) is 3.44. The van der Waals surface area contributed by atoms with E-state index in [1.165, 1.54) is 6.07 Å². The van der Waals surface area contributed by atoms with Gasteiger partial charge in [-0.15, -0.1) is 0 Å². The smallest absolute Gasteiger partial charge is 0.410 e. The molecule has 1 amide bonds. The minimum atomic E-state index is -0.834. The lowest BCUT2D eigenvalue weighted by atomic mass is 10.2. The third kappa shape index (κ3) is 4.25. The minimum absolute atomic E-state index is 0.176. The fourth-order valence-corrected chi connectivity index (χ4v) is 2.54. The first kappa shape index (κ1) is 18.3. The lowest BCUT2D eigenvalue weighted by molar-refractivity contribution is -0.384. The van der Waals surface area contributed by atoms with E-state index in [0.717, 1.165) is 6.07 Å². The zero-order chi connectivity index (χ0) is 18.1. The average molecular weight is 360 g/mol. The molecule has 0 spiro atoms. The van der Waals surface area contributed by atoms with E-state index in [9.17, 15) is 19.3 Å². The summed E-state index contributed by atoms with van der Waals surface area (Å²) in [5.41, 5.74) is -0.685. The van der Waals surface area contributed by atoms with Crippen LogP contribution < -0.4 is 4.90 Å². The number of amides is 1. The number of benzene rings is 1. The van der Waals surface area contributed by atoms with Crippen LogP contribution in [0, 0.1) is 15.9 Å². The van der Waals surface area contributed by atoms with E-state index in [1.54, 1.807) is 30.6 Å². The van der Waals surface area contributed by atoms with Crippen LogP contribution >= 0.6 is 11.6 Å². The standard InChI is InChI=1S/C15H19ClFN3O4/c1-15(2,3)24-14(21)19-6-4-18(5-7-19)12-8-10(16)11(17)9-13(12)20(22)23/h8-9H,4-7H2,1-3H3. The van der Waals surface area contributed by atoms with Crippen LogP contribution in [-0.4, -0.2) is 47.7 Å². The lowest BCUT2D eigenvalue weighted by Crippen LogP contribution is -2.50. The Balaban J connectivity index is 2.11. The molecule has 1 aromatic carbocycles. The molecule has 1 heterocycles. The molecular formula is C15H19ClFN3O4. The van der Waals surface area contributed by atoms with Crippen LogP contribution in [0.4, 0.5) is 20.6 Å². The molecule has 0 radical (unpaired) electrons. The number of carbonyl (C=O) groups is 1. The maximum atomic E-state index is 13.5. The van der Waals surface area contributed by atoms with Gasteiger partial charge in [-0.1, -0.05) is 11.6 Å². The summed E-state index contributed by atoms with van der Waals surface area (Å²) in [4.78, 5) is 25.8. The number of anilines is 1. The molecule has 0 N–H and O–H groups in total. The summed E-state index contributed by atoms with van der Waals surface area (Å²) in [5, 5.41) is 11.0. The molecule has 1 aliphatic rings. The summed E-state index contributed by atoms with van der Waals surface area (Å²) >= 11 is 5.75. The number of rotatable bonds is 2. The van der Waals surface area contributed by atoms with Gasteiger partial charge in [0, 0.05) is 26.2 Å². The Morgan fingerprint density at radius 2 is 1.88 bits per heavy atom. The number of nitro benzene ring substituents is 1. The van der Waals surface area contributed by atoms with Gasteiger partial charge in [-0.3, -0.25) is 10.1 Å².